The van der Waals surface area contributed by atoms with Crippen LogP contribution >= 0.6 is 15.9 Å². The molecule has 0 spiro atoms. The highest BCUT2D eigenvalue weighted by Crippen LogP contribution is 2.37. The largest absolute Gasteiger partial charge is 0.495 e. The van der Waals surface area contributed by atoms with Gasteiger partial charge in [-0.05, 0) is 36.4 Å². The number of rotatable bonds is 6. The Morgan fingerprint density at radius 3 is 2.67 bits per heavy atom. The Morgan fingerprint density at radius 2 is 1.97 bits per heavy atom. The predicted octanol–water partition coefficient (Wildman–Crippen LogP) is 3.98. The van der Waals surface area contributed by atoms with Crippen molar-refractivity contribution in [2.45, 2.75) is 10.3 Å². The molecule has 0 saturated carbocycles. The summed E-state index contributed by atoms with van der Waals surface area (Å²) in [5.74, 6) is 0.308. The molecule has 0 amide bonds. The van der Waals surface area contributed by atoms with E-state index in [4.69, 9.17) is 4.74 Å². The van der Waals surface area contributed by atoms with Gasteiger partial charge in [0.2, 0.25) is 9.84 Å². The van der Waals surface area contributed by atoms with Crippen molar-refractivity contribution >= 4 is 42.4 Å². The van der Waals surface area contributed by atoms with Gasteiger partial charge >= 0.3 is 0 Å². The second kappa shape index (κ2) is 8.45. The number of anilines is 1. The number of methoxy groups -OCH3 is 1. The van der Waals surface area contributed by atoms with Crippen molar-refractivity contribution < 1.29 is 13.2 Å². The second-order valence-corrected chi connectivity index (χ2v) is 10.1. The molecule has 1 fully saturated rings. The summed E-state index contributed by atoms with van der Waals surface area (Å²) in [6.07, 6.45) is 3.29. The molecule has 1 atom stereocenters. The number of hydrogen-bond donors (Lipinski definition) is 1. The lowest BCUT2D eigenvalue weighted by molar-refractivity contribution is 0.402. The van der Waals surface area contributed by atoms with Gasteiger partial charge in [-0.2, -0.15) is 0 Å². The lowest BCUT2D eigenvalue weighted by Crippen LogP contribution is -2.43. The highest BCUT2D eigenvalue weighted by atomic mass is 79.9. The molecule has 4 rings (SSSR count). The van der Waals surface area contributed by atoms with Gasteiger partial charge in [-0.15, -0.1) is 0 Å². The zero-order chi connectivity index (χ0) is 21.3. The van der Waals surface area contributed by atoms with Crippen LogP contribution in [0.15, 0.2) is 70.7 Å². The van der Waals surface area contributed by atoms with E-state index in [0.29, 0.717) is 10.2 Å². The van der Waals surface area contributed by atoms with Gasteiger partial charge < -0.3 is 19.5 Å². The lowest BCUT2D eigenvalue weighted by atomic mass is 10.2. The highest BCUT2D eigenvalue weighted by Gasteiger charge is 2.31. The Bertz CT molecular complexity index is 1180. The summed E-state index contributed by atoms with van der Waals surface area (Å²) in [6, 6.07) is 13.0. The Kier molecular flexibility index (Phi) is 5.90. The summed E-state index contributed by atoms with van der Waals surface area (Å²) in [6.45, 7) is 7.54. The van der Waals surface area contributed by atoms with Gasteiger partial charge in [0.15, 0.2) is 5.37 Å². The molecule has 1 aliphatic heterocycles. The van der Waals surface area contributed by atoms with E-state index in [1.807, 2.05) is 24.4 Å². The first kappa shape index (κ1) is 21.0. The molecular formula is C22H24BrN3O3S. The zero-order valence-electron chi connectivity index (χ0n) is 16.7. The number of halogens is 1. The number of fused-ring (bicyclic) bond motifs is 1. The highest BCUT2D eigenvalue weighted by molar-refractivity contribution is 9.10. The number of piperazine rings is 1. The molecule has 158 valence electrons. The number of ether oxygens (including phenoxy) is 1. The van der Waals surface area contributed by atoms with Crippen molar-refractivity contribution in [3.8, 4) is 5.75 Å². The quantitative estimate of drug-likeness (QED) is 0.530. The fraction of sp³-hybridized carbons (Fsp3) is 0.273. The van der Waals surface area contributed by atoms with Crippen molar-refractivity contribution in [1.82, 2.24) is 9.88 Å². The maximum absolute atomic E-state index is 13.6. The molecule has 0 radical (unpaired) electrons. The number of sulfone groups is 1. The smallest absolute Gasteiger partial charge is 0.207 e. The van der Waals surface area contributed by atoms with E-state index < -0.39 is 15.2 Å². The molecule has 2 heterocycles. The van der Waals surface area contributed by atoms with Crippen LogP contribution in [0, 0.1) is 0 Å². The number of nitrogens with zero attached hydrogens (tertiary/aromatic N) is 2. The van der Waals surface area contributed by atoms with Crippen molar-refractivity contribution in [3.63, 3.8) is 0 Å². The van der Waals surface area contributed by atoms with Gasteiger partial charge in [0.05, 0.1) is 12.6 Å². The minimum Gasteiger partial charge on any atom is -0.495 e. The number of nitrogens with one attached hydrogen (secondary N) is 1. The summed E-state index contributed by atoms with van der Waals surface area (Å²) in [4.78, 5) is 2.46. The molecule has 1 aromatic heterocycles. The van der Waals surface area contributed by atoms with Crippen LogP contribution in [0.1, 0.15) is 5.37 Å². The third kappa shape index (κ3) is 3.64. The summed E-state index contributed by atoms with van der Waals surface area (Å²) in [5.41, 5.74) is 1.97. The molecule has 8 heteroatoms. The maximum Gasteiger partial charge on any atom is 0.207 e. The number of hydrogen-bond acceptors (Lipinski definition) is 5. The Balaban J connectivity index is 1.82. The van der Waals surface area contributed by atoms with Crippen molar-refractivity contribution in [2.24, 2.45) is 0 Å². The summed E-state index contributed by atoms with van der Waals surface area (Å²) < 4.78 is 35.0. The van der Waals surface area contributed by atoms with Crippen molar-refractivity contribution in [3.05, 3.63) is 65.8 Å². The average molecular weight is 490 g/mol. The summed E-state index contributed by atoms with van der Waals surface area (Å²) in [7, 11) is -2.33. The molecule has 1 saturated heterocycles. The third-order valence-electron chi connectivity index (χ3n) is 5.42. The minimum atomic E-state index is -3.80. The van der Waals surface area contributed by atoms with E-state index in [2.05, 4.69) is 38.8 Å². The van der Waals surface area contributed by atoms with Gasteiger partial charge in [0.25, 0.3) is 0 Å². The molecule has 1 N–H and O–H groups in total. The van der Waals surface area contributed by atoms with E-state index in [-0.39, 0.29) is 4.90 Å². The van der Waals surface area contributed by atoms with E-state index in [9.17, 15) is 8.42 Å². The van der Waals surface area contributed by atoms with Gasteiger partial charge in [0, 0.05) is 47.9 Å². The molecule has 2 aromatic carbocycles. The third-order valence-corrected chi connectivity index (χ3v) is 7.90. The zero-order valence-corrected chi connectivity index (χ0v) is 19.1. The first-order chi connectivity index (χ1) is 14.5. The topological polar surface area (TPSA) is 63.6 Å². The molecular weight excluding hydrogens is 466 g/mol. The van der Waals surface area contributed by atoms with Gasteiger partial charge in [-0.25, -0.2) is 8.42 Å². The van der Waals surface area contributed by atoms with Crippen LogP contribution in [0.3, 0.4) is 0 Å². The summed E-state index contributed by atoms with van der Waals surface area (Å²) in [5, 5.41) is 3.43. The number of benzene rings is 2. The van der Waals surface area contributed by atoms with Crippen LogP contribution in [-0.2, 0) is 9.84 Å². The Hall–Kier alpha value is -2.29. The van der Waals surface area contributed by atoms with E-state index in [1.165, 1.54) is 13.2 Å². The monoisotopic (exact) mass is 489 g/mol. The second-order valence-electron chi connectivity index (χ2n) is 7.14. The normalized spacial score (nSPS) is 15.9. The predicted molar refractivity (Wildman–Crippen MR) is 124 cm³/mol. The lowest BCUT2D eigenvalue weighted by Gasteiger charge is -2.30. The van der Waals surface area contributed by atoms with Gasteiger partial charge in [-0.3, -0.25) is 0 Å². The van der Waals surface area contributed by atoms with Crippen LogP contribution in [0.5, 0.6) is 5.75 Å². The fourth-order valence-corrected chi connectivity index (χ4v) is 6.20. The van der Waals surface area contributed by atoms with Crippen molar-refractivity contribution in [1.29, 1.82) is 0 Å². The van der Waals surface area contributed by atoms with E-state index in [0.717, 1.165) is 42.8 Å². The SMILES string of the molecule is C=CC(n1ccc2c(N3CCNCC3)cccc21)S(=O)(=O)c1cc(Br)ccc1OC. The van der Waals surface area contributed by atoms with Crippen LogP contribution in [0.2, 0.25) is 0 Å². The first-order valence-corrected chi connectivity index (χ1v) is 12.1. The Morgan fingerprint density at radius 1 is 1.20 bits per heavy atom. The maximum atomic E-state index is 13.6. The van der Waals surface area contributed by atoms with Crippen LogP contribution in [0.4, 0.5) is 5.69 Å². The van der Waals surface area contributed by atoms with Crippen molar-refractivity contribution in [2.75, 3.05) is 38.2 Å². The first-order valence-electron chi connectivity index (χ1n) is 9.72. The Labute approximate surface area is 185 Å². The van der Waals surface area contributed by atoms with Crippen LogP contribution in [-0.4, -0.2) is 46.3 Å². The fourth-order valence-electron chi connectivity index (χ4n) is 3.97. The minimum absolute atomic E-state index is 0.129. The average Bonchev–Trinajstić information content (AvgIpc) is 3.18. The number of aromatic nitrogens is 1. The van der Waals surface area contributed by atoms with Gasteiger partial charge in [-0.1, -0.05) is 34.7 Å². The van der Waals surface area contributed by atoms with E-state index >= 15 is 0 Å². The van der Waals surface area contributed by atoms with Crippen LogP contribution < -0.4 is 15.0 Å². The van der Waals surface area contributed by atoms with E-state index in [1.54, 1.807) is 22.8 Å². The molecule has 0 aliphatic carbocycles. The molecule has 1 aliphatic rings. The molecule has 30 heavy (non-hydrogen) atoms. The molecule has 6 nitrogen and oxygen atoms in total. The molecule has 3 aromatic rings. The summed E-state index contributed by atoms with van der Waals surface area (Å²) >= 11 is 3.37. The van der Waals surface area contributed by atoms with Crippen LogP contribution in [0.25, 0.3) is 10.9 Å². The molecule has 0 bridgehead atoms. The molecule has 1 unspecified atom stereocenters. The standard InChI is InChI=1S/C22H24BrN3O3S/c1-3-22(30(27,28)21-15-16(23)7-8-20(21)29-2)26-12-9-17-18(5-4-6-19(17)26)25-13-10-24-11-14-25/h3-9,12,15,22,24H,1,10-11,13-14H2,2H3. The van der Waals surface area contributed by atoms with Gasteiger partial charge in [0.1, 0.15) is 10.6 Å².